The number of carboxylic acids is 1. The van der Waals surface area contributed by atoms with Gasteiger partial charge in [-0.15, -0.1) is 0 Å². The van der Waals surface area contributed by atoms with Gasteiger partial charge in [-0.3, -0.25) is 0 Å². The first-order valence-electron chi connectivity index (χ1n) is 8.31. The zero-order valence-electron chi connectivity index (χ0n) is 15.0. The van der Waals surface area contributed by atoms with Crippen LogP contribution in [0.25, 0.3) is 0 Å². The SMILES string of the molecule is C/C(=C\CC/C(C)=C/CC/C(C)=C/CC/C(C)=C/C(=O)[O-])CO. The lowest BCUT2D eigenvalue weighted by Crippen LogP contribution is -2.19. The molecule has 0 amide bonds. The highest BCUT2D eigenvalue weighted by atomic mass is 16.4. The lowest BCUT2D eigenvalue weighted by atomic mass is 10.0. The topological polar surface area (TPSA) is 60.4 Å². The van der Waals surface area contributed by atoms with Gasteiger partial charge in [0.05, 0.1) is 12.6 Å². The molecule has 0 aliphatic carbocycles. The van der Waals surface area contributed by atoms with Crippen molar-refractivity contribution in [1.29, 1.82) is 0 Å². The molecule has 3 heteroatoms. The Morgan fingerprint density at radius 3 is 1.57 bits per heavy atom. The van der Waals surface area contributed by atoms with Crippen molar-refractivity contribution in [2.45, 2.75) is 66.2 Å². The van der Waals surface area contributed by atoms with E-state index in [1.165, 1.54) is 17.2 Å². The standard InChI is InChI=1S/C20H32O3/c1-16(10-6-12-18(3)14-20(22)23)8-5-9-17(2)11-7-13-19(4)15-21/h9-10,13-14,21H,5-8,11-12,15H2,1-4H3,(H,22,23)/p-1/b16-10+,17-9+,18-14+,19-13+. The van der Waals surface area contributed by atoms with Gasteiger partial charge in [0.15, 0.2) is 0 Å². The maximum atomic E-state index is 10.4. The minimum absolute atomic E-state index is 0.143. The minimum Gasteiger partial charge on any atom is -0.545 e. The quantitative estimate of drug-likeness (QED) is 0.465. The van der Waals surface area contributed by atoms with E-state index in [9.17, 15) is 9.90 Å². The molecule has 0 saturated carbocycles. The van der Waals surface area contributed by atoms with E-state index in [4.69, 9.17) is 5.11 Å². The first-order valence-corrected chi connectivity index (χ1v) is 8.31. The molecule has 0 bridgehead atoms. The first-order chi connectivity index (χ1) is 10.8. The van der Waals surface area contributed by atoms with Gasteiger partial charge in [-0.05, 0) is 72.3 Å². The van der Waals surface area contributed by atoms with E-state index in [2.05, 4.69) is 32.1 Å². The highest BCUT2D eigenvalue weighted by molar-refractivity contribution is 5.78. The Morgan fingerprint density at radius 2 is 1.17 bits per heavy atom. The molecule has 0 atom stereocenters. The van der Waals surface area contributed by atoms with Gasteiger partial charge in [-0.2, -0.15) is 0 Å². The van der Waals surface area contributed by atoms with Gasteiger partial charge in [0.2, 0.25) is 0 Å². The Kier molecular flexibility index (Phi) is 12.0. The van der Waals surface area contributed by atoms with Crippen molar-refractivity contribution in [2.75, 3.05) is 6.61 Å². The Bertz CT molecular complexity index is 479. The van der Waals surface area contributed by atoms with Crippen LogP contribution in [0.5, 0.6) is 0 Å². The molecule has 0 aliphatic heterocycles. The van der Waals surface area contributed by atoms with Crippen molar-refractivity contribution in [3.8, 4) is 0 Å². The number of carbonyl (C=O) groups excluding carboxylic acids is 1. The normalized spacial score (nSPS) is 14.3. The molecule has 23 heavy (non-hydrogen) atoms. The second-order valence-electron chi connectivity index (χ2n) is 6.24. The van der Waals surface area contributed by atoms with E-state index in [1.807, 2.05) is 13.8 Å². The average molecular weight is 319 g/mol. The average Bonchev–Trinajstić information content (AvgIpc) is 2.46. The lowest BCUT2D eigenvalue weighted by Gasteiger charge is -2.03. The molecule has 0 aliphatic rings. The van der Waals surface area contributed by atoms with Crippen LogP contribution in [0.2, 0.25) is 0 Å². The molecular weight excluding hydrogens is 288 g/mol. The summed E-state index contributed by atoms with van der Waals surface area (Å²) in [7, 11) is 0. The van der Waals surface area contributed by atoms with Crippen LogP contribution in [0.3, 0.4) is 0 Å². The fraction of sp³-hybridized carbons (Fsp3) is 0.550. The van der Waals surface area contributed by atoms with Crippen LogP contribution in [0.1, 0.15) is 66.2 Å². The molecule has 0 heterocycles. The summed E-state index contributed by atoms with van der Waals surface area (Å²) in [6.45, 7) is 8.17. The second-order valence-corrected chi connectivity index (χ2v) is 6.24. The fourth-order valence-electron chi connectivity index (χ4n) is 2.18. The van der Waals surface area contributed by atoms with Crippen LogP contribution < -0.4 is 5.11 Å². The molecule has 0 aromatic rings. The second kappa shape index (κ2) is 12.9. The maximum Gasteiger partial charge on any atom is 0.0642 e. The van der Waals surface area contributed by atoms with Crippen molar-refractivity contribution in [1.82, 2.24) is 0 Å². The molecule has 0 aromatic heterocycles. The largest absolute Gasteiger partial charge is 0.545 e. The molecule has 0 spiro atoms. The summed E-state index contributed by atoms with van der Waals surface area (Å²) in [6.07, 6.45) is 13.4. The Balaban J connectivity index is 4.03. The van der Waals surface area contributed by atoms with Crippen LogP contribution in [0.4, 0.5) is 0 Å². The Morgan fingerprint density at radius 1 is 0.783 bits per heavy atom. The highest BCUT2D eigenvalue weighted by Gasteiger charge is 1.94. The number of hydrogen-bond acceptors (Lipinski definition) is 3. The van der Waals surface area contributed by atoms with Crippen molar-refractivity contribution in [3.05, 3.63) is 46.6 Å². The molecule has 0 rings (SSSR count). The van der Waals surface area contributed by atoms with Crippen molar-refractivity contribution < 1.29 is 15.0 Å². The summed E-state index contributed by atoms with van der Waals surface area (Å²) in [5, 5.41) is 19.3. The molecule has 0 fully saturated rings. The number of allylic oxidation sites excluding steroid dienone is 6. The fourth-order valence-corrected chi connectivity index (χ4v) is 2.18. The number of aliphatic carboxylic acids is 1. The van der Waals surface area contributed by atoms with E-state index in [0.717, 1.165) is 49.7 Å². The van der Waals surface area contributed by atoms with E-state index in [-0.39, 0.29) is 6.61 Å². The van der Waals surface area contributed by atoms with Crippen molar-refractivity contribution in [2.24, 2.45) is 0 Å². The van der Waals surface area contributed by atoms with Gasteiger partial charge in [-0.1, -0.05) is 40.5 Å². The number of aliphatic hydroxyl groups excluding tert-OH is 1. The smallest absolute Gasteiger partial charge is 0.0642 e. The maximum absolute atomic E-state index is 10.4. The lowest BCUT2D eigenvalue weighted by molar-refractivity contribution is -0.297. The molecule has 0 saturated heterocycles. The third kappa shape index (κ3) is 13.8. The zero-order valence-corrected chi connectivity index (χ0v) is 15.0. The minimum atomic E-state index is -1.12. The van der Waals surface area contributed by atoms with Crippen LogP contribution in [0.15, 0.2) is 46.6 Å². The molecule has 0 radical (unpaired) electrons. The third-order valence-electron chi connectivity index (χ3n) is 3.71. The predicted molar refractivity (Wildman–Crippen MR) is 94.8 cm³/mol. The molecule has 0 unspecified atom stereocenters. The van der Waals surface area contributed by atoms with Gasteiger partial charge in [-0.25, -0.2) is 0 Å². The summed E-state index contributed by atoms with van der Waals surface area (Å²) >= 11 is 0. The number of aliphatic hydroxyl groups is 1. The van der Waals surface area contributed by atoms with E-state index < -0.39 is 5.97 Å². The van der Waals surface area contributed by atoms with E-state index in [1.54, 1.807) is 0 Å². The number of carbonyl (C=O) groups is 1. The summed E-state index contributed by atoms with van der Waals surface area (Å²) in [5.74, 6) is -1.12. The summed E-state index contributed by atoms with van der Waals surface area (Å²) < 4.78 is 0. The van der Waals surface area contributed by atoms with E-state index in [0.29, 0.717) is 0 Å². The van der Waals surface area contributed by atoms with Crippen LogP contribution in [-0.2, 0) is 4.79 Å². The molecular formula is C20H31O3-. The van der Waals surface area contributed by atoms with Gasteiger partial charge >= 0.3 is 0 Å². The van der Waals surface area contributed by atoms with Gasteiger partial charge < -0.3 is 15.0 Å². The number of hydrogen-bond donors (Lipinski definition) is 1. The van der Waals surface area contributed by atoms with Gasteiger partial charge in [0, 0.05) is 0 Å². The predicted octanol–water partition coefficient (Wildman–Crippen LogP) is 3.85. The Hall–Kier alpha value is -1.61. The highest BCUT2D eigenvalue weighted by Crippen LogP contribution is 2.13. The monoisotopic (exact) mass is 319 g/mol. The third-order valence-corrected chi connectivity index (χ3v) is 3.71. The molecule has 3 nitrogen and oxygen atoms in total. The summed E-state index contributed by atoms with van der Waals surface area (Å²) in [5.41, 5.74) is 4.59. The van der Waals surface area contributed by atoms with Crippen molar-refractivity contribution >= 4 is 5.97 Å². The van der Waals surface area contributed by atoms with Crippen molar-refractivity contribution in [3.63, 3.8) is 0 Å². The Labute approximate surface area is 141 Å². The summed E-state index contributed by atoms with van der Waals surface area (Å²) in [4.78, 5) is 10.4. The summed E-state index contributed by atoms with van der Waals surface area (Å²) in [6, 6.07) is 0. The van der Waals surface area contributed by atoms with Gasteiger partial charge in [0.25, 0.3) is 0 Å². The number of rotatable bonds is 11. The number of carboxylic acid groups (broad SMARTS) is 1. The molecule has 0 aromatic carbocycles. The van der Waals surface area contributed by atoms with Gasteiger partial charge in [0.1, 0.15) is 0 Å². The zero-order chi connectivity index (χ0) is 17.7. The van der Waals surface area contributed by atoms with E-state index >= 15 is 0 Å². The van der Waals surface area contributed by atoms with Crippen LogP contribution in [-0.4, -0.2) is 17.7 Å². The molecule has 1 N–H and O–H groups in total. The molecule has 130 valence electrons. The van der Waals surface area contributed by atoms with Crippen LogP contribution in [0, 0.1) is 0 Å². The first kappa shape index (κ1) is 21.4. The van der Waals surface area contributed by atoms with Crippen LogP contribution >= 0.6 is 0 Å².